The van der Waals surface area contributed by atoms with E-state index in [-0.39, 0.29) is 39.7 Å². The van der Waals surface area contributed by atoms with Crippen LogP contribution in [-0.4, -0.2) is 33.9 Å². The second kappa shape index (κ2) is 9.24. The van der Waals surface area contributed by atoms with Crippen LogP contribution in [0.25, 0.3) is 0 Å². The molecule has 0 aliphatic heterocycles. The Hall–Kier alpha value is -1.62. The number of carboxylic acids is 1. The van der Waals surface area contributed by atoms with Gasteiger partial charge in [-0.1, -0.05) is 59.3 Å². The minimum absolute atomic E-state index is 0.0202. The van der Waals surface area contributed by atoms with E-state index in [1.807, 2.05) is 6.08 Å². The van der Waals surface area contributed by atoms with Crippen molar-refractivity contribution in [2.75, 3.05) is 0 Å². The molecule has 0 unspecified atom stereocenters. The van der Waals surface area contributed by atoms with E-state index in [0.717, 1.165) is 51.4 Å². The van der Waals surface area contributed by atoms with Gasteiger partial charge in [-0.3, -0.25) is 4.79 Å². The van der Waals surface area contributed by atoms with Crippen molar-refractivity contribution in [3.05, 3.63) is 23.3 Å². The molecular formula is C32H50O5. The van der Waals surface area contributed by atoms with Gasteiger partial charge in [0.2, 0.25) is 0 Å². The summed E-state index contributed by atoms with van der Waals surface area (Å²) in [5.74, 6) is -0.0791. The number of carboxylic acid groups (broad SMARTS) is 1. The largest absolute Gasteiger partial charge is 0.478 e. The van der Waals surface area contributed by atoms with Crippen molar-refractivity contribution in [3.63, 3.8) is 0 Å². The Kier molecular flexibility index (Phi) is 7.09. The Morgan fingerprint density at radius 1 is 1.05 bits per heavy atom. The first kappa shape index (κ1) is 28.4. The first-order valence-electron chi connectivity index (χ1n) is 14.5. The number of ether oxygens (including phenoxy) is 1. The molecule has 4 aliphatic carbocycles. The van der Waals surface area contributed by atoms with Crippen LogP contribution < -0.4 is 0 Å². The minimum atomic E-state index is -0.837. The summed E-state index contributed by atoms with van der Waals surface area (Å²) in [6.07, 6.45) is 12.6. The molecule has 0 radical (unpaired) electrons. The van der Waals surface area contributed by atoms with Gasteiger partial charge in [-0.05, 0) is 93.3 Å². The second-order valence-electron chi connectivity index (χ2n) is 14.3. The third-order valence-corrected chi connectivity index (χ3v) is 12.3. The van der Waals surface area contributed by atoms with Crippen molar-refractivity contribution >= 4 is 11.9 Å². The molecular weight excluding hydrogens is 464 g/mol. The van der Waals surface area contributed by atoms with Crippen LogP contribution in [0.1, 0.15) is 113 Å². The van der Waals surface area contributed by atoms with E-state index in [1.54, 1.807) is 6.92 Å². The fourth-order valence-electron chi connectivity index (χ4n) is 9.83. The Labute approximate surface area is 224 Å². The summed E-state index contributed by atoms with van der Waals surface area (Å²) in [7, 11) is 0. The molecule has 4 rings (SSSR count). The van der Waals surface area contributed by atoms with Crippen LogP contribution in [-0.2, 0) is 14.3 Å². The number of aliphatic carboxylic acids is 1. The number of fused-ring (bicyclic) bond motifs is 5. The Morgan fingerprint density at radius 3 is 2.32 bits per heavy atom. The van der Waals surface area contributed by atoms with Crippen molar-refractivity contribution in [2.24, 2.45) is 39.4 Å². The van der Waals surface area contributed by atoms with Gasteiger partial charge < -0.3 is 14.9 Å². The molecule has 3 fully saturated rings. The van der Waals surface area contributed by atoms with Crippen LogP contribution in [0.2, 0.25) is 0 Å². The zero-order valence-electron chi connectivity index (χ0n) is 24.4. The quantitative estimate of drug-likeness (QED) is 0.225. The fourth-order valence-corrected chi connectivity index (χ4v) is 9.83. The maximum atomic E-state index is 12.7. The van der Waals surface area contributed by atoms with Gasteiger partial charge >= 0.3 is 11.9 Å². The molecule has 0 saturated heterocycles. The van der Waals surface area contributed by atoms with Crippen molar-refractivity contribution in [1.82, 2.24) is 0 Å². The number of aliphatic hydroxyl groups is 1. The van der Waals surface area contributed by atoms with Gasteiger partial charge in [0.25, 0.3) is 0 Å². The van der Waals surface area contributed by atoms with E-state index < -0.39 is 11.6 Å². The lowest BCUT2D eigenvalue weighted by Gasteiger charge is -2.68. The number of hydrogen-bond donors (Lipinski definition) is 2. The number of rotatable bonds is 6. The van der Waals surface area contributed by atoms with Gasteiger partial charge in [-0.2, -0.15) is 0 Å². The average Bonchev–Trinajstić information content (AvgIpc) is 3.08. The molecule has 2 N–H and O–H groups in total. The van der Waals surface area contributed by atoms with Gasteiger partial charge in [-0.15, -0.1) is 0 Å². The maximum Gasteiger partial charge on any atom is 0.330 e. The number of esters is 1. The molecule has 8 atom stereocenters. The molecule has 0 aromatic heterocycles. The Bertz CT molecular complexity index is 1010. The summed E-state index contributed by atoms with van der Waals surface area (Å²) in [5, 5.41) is 21.9. The minimum Gasteiger partial charge on any atom is -0.478 e. The van der Waals surface area contributed by atoms with Crippen molar-refractivity contribution in [3.8, 4) is 0 Å². The maximum absolute atomic E-state index is 12.7. The molecule has 37 heavy (non-hydrogen) atoms. The highest BCUT2D eigenvalue weighted by atomic mass is 16.5. The Balaban J connectivity index is 1.62. The van der Waals surface area contributed by atoms with Gasteiger partial charge in [0.1, 0.15) is 6.10 Å². The van der Waals surface area contributed by atoms with Crippen LogP contribution in [0.3, 0.4) is 0 Å². The lowest BCUT2D eigenvalue weighted by atomic mass is 9.39. The number of hydrogen-bond acceptors (Lipinski definition) is 4. The lowest BCUT2D eigenvalue weighted by molar-refractivity contribution is -0.251. The topological polar surface area (TPSA) is 83.8 Å². The predicted octanol–water partition coefficient (Wildman–Crippen LogP) is 7.09. The molecule has 0 amide bonds. The normalized spacial score (nSPS) is 43.6. The SMILES string of the molecule is CC(=O)O[C@H]1CC[C@@]2(C)[C@@H](CC[C@@H]3[C@]2(O)CC=C2[C@](C)([C@H](C)CC/C=C(\C)C(=O)O)CC[C@]23C)C1(C)C. The number of carbonyl (C=O) groups is 2. The summed E-state index contributed by atoms with van der Waals surface area (Å²) < 4.78 is 5.80. The molecule has 0 heterocycles. The smallest absolute Gasteiger partial charge is 0.330 e. The van der Waals surface area contributed by atoms with E-state index in [1.165, 1.54) is 12.5 Å². The standard InChI is InChI=1S/C32H50O5/c1-20(27(34)35)10-9-11-21(2)29(6)18-19-30(7)24(29)14-17-32(36)25(30)13-12-23-28(4,5)26(37-22(3)33)15-16-31(23,32)8/h10,14,21,23,25-26,36H,9,11-13,15-19H2,1-8H3,(H,34,35)/b20-10+/t21-,23+,25+,26+,29+,30-,31+,32-/m1/s1. The van der Waals surface area contributed by atoms with Crippen LogP contribution in [0.15, 0.2) is 23.3 Å². The van der Waals surface area contributed by atoms with Crippen molar-refractivity contribution in [2.45, 2.75) is 125 Å². The van der Waals surface area contributed by atoms with Crippen LogP contribution in [0.4, 0.5) is 0 Å². The highest BCUT2D eigenvalue weighted by Gasteiger charge is 2.70. The third-order valence-electron chi connectivity index (χ3n) is 12.3. The van der Waals surface area contributed by atoms with Gasteiger partial charge in [0.05, 0.1) is 5.60 Å². The predicted molar refractivity (Wildman–Crippen MR) is 146 cm³/mol. The van der Waals surface area contributed by atoms with Crippen LogP contribution >= 0.6 is 0 Å². The molecule has 5 heteroatoms. The molecule has 4 aliphatic rings. The van der Waals surface area contributed by atoms with Gasteiger partial charge in [0, 0.05) is 23.3 Å². The highest BCUT2D eigenvalue weighted by molar-refractivity contribution is 5.85. The van der Waals surface area contributed by atoms with Crippen LogP contribution in [0.5, 0.6) is 0 Å². The molecule has 3 saturated carbocycles. The monoisotopic (exact) mass is 514 g/mol. The molecule has 0 aromatic rings. The molecule has 0 bridgehead atoms. The van der Waals surface area contributed by atoms with E-state index in [0.29, 0.717) is 23.8 Å². The Morgan fingerprint density at radius 2 is 1.70 bits per heavy atom. The zero-order chi connectivity index (χ0) is 27.6. The molecule has 5 nitrogen and oxygen atoms in total. The fraction of sp³-hybridized carbons (Fsp3) is 0.812. The summed E-state index contributed by atoms with van der Waals surface area (Å²) in [4.78, 5) is 23.0. The number of carbonyl (C=O) groups excluding carboxylic acids is 1. The van der Waals surface area contributed by atoms with Gasteiger partial charge in [0.15, 0.2) is 0 Å². The van der Waals surface area contributed by atoms with Crippen molar-refractivity contribution < 1.29 is 24.5 Å². The van der Waals surface area contributed by atoms with E-state index in [4.69, 9.17) is 4.74 Å². The molecule has 0 spiro atoms. The van der Waals surface area contributed by atoms with E-state index in [2.05, 4.69) is 47.6 Å². The molecule has 0 aromatic carbocycles. The van der Waals surface area contributed by atoms with Gasteiger partial charge in [-0.25, -0.2) is 4.79 Å². The lowest BCUT2D eigenvalue weighted by Crippen LogP contribution is -2.68. The van der Waals surface area contributed by atoms with Crippen molar-refractivity contribution in [1.29, 1.82) is 0 Å². The first-order chi connectivity index (χ1) is 17.0. The number of allylic oxidation sites excluding steroid dienone is 2. The van der Waals surface area contributed by atoms with Crippen LogP contribution in [0, 0.1) is 39.4 Å². The summed E-state index contributed by atoms with van der Waals surface area (Å²) in [6.45, 7) is 17.1. The highest BCUT2D eigenvalue weighted by Crippen LogP contribution is 2.73. The summed E-state index contributed by atoms with van der Waals surface area (Å²) in [5.41, 5.74) is 0.860. The zero-order valence-corrected chi connectivity index (χ0v) is 24.4. The average molecular weight is 515 g/mol. The second-order valence-corrected chi connectivity index (χ2v) is 14.3. The van der Waals surface area contributed by atoms with E-state index in [9.17, 15) is 19.8 Å². The summed E-state index contributed by atoms with van der Waals surface area (Å²) in [6, 6.07) is 0. The first-order valence-corrected chi connectivity index (χ1v) is 14.5. The summed E-state index contributed by atoms with van der Waals surface area (Å²) >= 11 is 0. The van der Waals surface area contributed by atoms with E-state index >= 15 is 0 Å². The third kappa shape index (κ3) is 4.13. The molecule has 208 valence electrons.